The lowest BCUT2D eigenvalue weighted by Gasteiger charge is -2.22. The zero-order valence-electron chi connectivity index (χ0n) is 7.27. The van der Waals surface area contributed by atoms with E-state index in [1.165, 1.54) is 14.0 Å². The average molecular weight is 186 g/mol. The van der Waals surface area contributed by atoms with Gasteiger partial charge in [-0.15, -0.1) is 0 Å². The largest absolute Gasteiger partial charge is 0.348 e. The lowest BCUT2D eigenvalue weighted by Crippen LogP contribution is -2.42. The van der Waals surface area contributed by atoms with E-state index in [1.54, 1.807) is 0 Å². The Bertz CT molecular complexity index is 403. The highest BCUT2D eigenvalue weighted by molar-refractivity contribution is 4.84. The van der Waals surface area contributed by atoms with Gasteiger partial charge in [-0.3, -0.25) is 9.78 Å². The summed E-state index contributed by atoms with van der Waals surface area (Å²) < 4.78 is 5.51. The highest BCUT2D eigenvalue weighted by Crippen LogP contribution is 2.06. The van der Waals surface area contributed by atoms with Crippen LogP contribution in [0.1, 0.15) is 6.92 Å². The highest BCUT2D eigenvalue weighted by atomic mass is 16.6. The maximum Gasteiger partial charge on any atom is 0.332 e. The van der Waals surface area contributed by atoms with Gasteiger partial charge in [0.05, 0.1) is 0 Å². The normalized spacial score (nSPS) is 15.3. The Kier molecular flexibility index (Phi) is 2.35. The highest BCUT2D eigenvalue weighted by Gasteiger charge is 2.22. The molecule has 0 saturated carbocycles. The van der Waals surface area contributed by atoms with Gasteiger partial charge in [-0.2, -0.15) is 0 Å². The Morgan fingerprint density at radius 3 is 2.69 bits per heavy atom. The van der Waals surface area contributed by atoms with Gasteiger partial charge in [-0.25, -0.2) is 9.36 Å². The number of ether oxygens (including phenoxy) is 1. The van der Waals surface area contributed by atoms with Crippen LogP contribution in [-0.4, -0.2) is 21.8 Å². The standard InChI is InChI=1S/C7H10N2O4/c1-7(12,13-2)9-4-3-5(10)8-6(9)11/h3-4,12H,1-2H3,(H,8,10,11). The summed E-state index contributed by atoms with van der Waals surface area (Å²) in [6.07, 6.45) is 1.16. The van der Waals surface area contributed by atoms with Crippen LogP contribution in [0.25, 0.3) is 0 Å². The van der Waals surface area contributed by atoms with Crippen molar-refractivity contribution in [2.75, 3.05) is 7.11 Å². The second kappa shape index (κ2) is 3.15. The summed E-state index contributed by atoms with van der Waals surface area (Å²) in [5, 5.41) is 9.48. The number of H-pyrrole nitrogens is 1. The molecule has 2 N–H and O–H groups in total. The lowest BCUT2D eigenvalue weighted by molar-refractivity contribution is -0.237. The maximum absolute atomic E-state index is 11.1. The van der Waals surface area contributed by atoms with E-state index in [9.17, 15) is 14.7 Å². The Labute approximate surface area is 73.4 Å². The number of methoxy groups -OCH3 is 1. The summed E-state index contributed by atoms with van der Waals surface area (Å²) >= 11 is 0. The van der Waals surface area contributed by atoms with Gasteiger partial charge in [0.2, 0.25) is 0 Å². The second-order valence-corrected chi connectivity index (χ2v) is 2.62. The van der Waals surface area contributed by atoms with Crippen LogP contribution in [-0.2, 0) is 10.6 Å². The molecule has 1 rings (SSSR count). The van der Waals surface area contributed by atoms with Gasteiger partial charge in [-0.1, -0.05) is 0 Å². The van der Waals surface area contributed by atoms with Crippen molar-refractivity contribution in [3.63, 3.8) is 0 Å². The smallest absolute Gasteiger partial charge is 0.332 e. The Morgan fingerprint density at radius 2 is 2.23 bits per heavy atom. The topological polar surface area (TPSA) is 84.3 Å². The van der Waals surface area contributed by atoms with E-state index in [0.29, 0.717) is 0 Å². The van der Waals surface area contributed by atoms with Crippen LogP contribution in [0.15, 0.2) is 21.9 Å². The molecule has 1 aromatic rings. The van der Waals surface area contributed by atoms with Crippen molar-refractivity contribution >= 4 is 0 Å². The molecule has 0 radical (unpaired) electrons. The molecule has 0 aliphatic heterocycles. The Hall–Kier alpha value is -1.40. The van der Waals surface area contributed by atoms with Crippen LogP contribution in [0.2, 0.25) is 0 Å². The van der Waals surface area contributed by atoms with E-state index in [2.05, 4.69) is 4.74 Å². The summed E-state index contributed by atoms with van der Waals surface area (Å²) in [5.74, 6) is -1.75. The summed E-state index contributed by atoms with van der Waals surface area (Å²) in [5.41, 5.74) is -1.24. The first-order valence-electron chi connectivity index (χ1n) is 3.57. The summed E-state index contributed by atoms with van der Waals surface area (Å²) in [6.45, 7) is 1.28. The molecule has 6 heteroatoms. The predicted octanol–water partition coefficient (Wildman–Crippen LogP) is -1.19. The van der Waals surface area contributed by atoms with E-state index in [1.807, 2.05) is 4.98 Å². The summed E-state index contributed by atoms with van der Waals surface area (Å²) in [7, 11) is 1.25. The lowest BCUT2D eigenvalue weighted by atomic mass is 10.5. The molecule has 0 spiro atoms. The molecule has 0 saturated heterocycles. The third-order valence-corrected chi connectivity index (χ3v) is 1.66. The number of aliphatic hydroxyl groups is 1. The number of nitrogens with one attached hydrogen (secondary N) is 1. The second-order valence-electron chi connectivity index (χ2n) is 2.62. The number of nitrogens with zero attached hydrogens (tertiary/aromatic N) is 1. The van der Waals surface area contributed by atoms with Crippen LogP contribution in [0.3, 0.4) is 0 Å². The van der Waals surface area contributed by atoms with E-state index in [-0.39, 0.29) is 0 Å². The number of rotatable bonds is 2. The third-order valence-electron chi connectivity index (χ3n) is 1.66. The first-order chi connectivity index (χ1) is 5.97. The van der Waals surface area contributed by atoms with Crippen LogP contribution >= 0.6 is 0 Å². The van der Waals surface area contributed by atoms with Gasteiger partial charge in [-0.05, 0) is 0 Å². The van der Waals surface area contributed by atoms with Gasteiger partial charge in [0, 0.05) is 26.3 Å². The number of hydrogen-bond acceptors (Lipinski definition) is 4. The minimum Gasteiger partial charge on any atom is -0.348 e. The summed E-state index contributed by atoms with van der Waals surface area (Å²) in [4.78, 5) is 23.8. The van der Waals surface area contributed by atoms with Crippen molar-refractivity contribution in [1.29, 1.82) is 0 Å². The van der Waals surface area contributed by atoms with Gasteiger partial charge < -0.3 is 9.84 Å². The first kappa shape index (κ1) is 9.69. The SMILES string of the molecule is COC(C)(O)n1ccc(=O)[nH]c1=O. The molecule has 0 fully saturated rings. The zero-order valence-corrected chi connectivity index (χ0v) is 7.27. The van der Waals surface area contributed by atoms with Crippen molar-refractivity contribution in [3.8, 4) is 0 Å². The summed E-state index contributed by atoms with van der Waals surface area (Å²) in [6, 6.07) is 1.12. The molecule has 0 aliphatic rings. The average Bonchev–Trinajstić information content (AvgIpc) is 2.03. The van der Waals surface area contributed by atoms with Gasteiger partial charge >= 0.3 is 5.69 Å². The van der Waals surface area contributed by atoms with Crippen LogP contribution in [0.4, 0.5) is 0 Å². The third kappa shape index (κ3) is 1.85. The van der Waals surface area contributed by atoms with Crippen LogP contribution in [0, 0.1) is 0 Å². The molecule has 1 unspecified atom stereocenters. The molecule has 1 aromatic heterocycles. The van der Waals surface area contributed by atoms with Gasteiger partial charge in [0.15, 0.2) is 0 Å². The monoisotopic (exact) mass is 186 g/mol. The number of aromatic nitrogens is 2. The van der Waals surface area contributed by atoms with E-state index in [4.69, 9.17) is 0 Å². The molecule has 0 bridgehead atoms. The first-order valence-corrected chi connectivity index (χ1v) is 3.57. The molecule has 0 aliphatic carbocycles. The van der Waals surface area contributed by atoms with Crippen molar-refractivity contribution < 1.29 is 9.84 Å². The Morgan fingerprint density at radius 1 is 1.62 bits per heavy atom. The van der Waals surface area contributed by atoms with E-state index < -0.39 is 17.2 Å². The van der Waals surface area contributed by atoms with Crippen LogP contribution < -0.4 is 11.2 Å². The quantitative estimate of drug-likeness (QED) is 0.568. The number of aromatic amines is 1. The fraction of sp³-hybridized carbons (Fsp3) is 0.429. The Balaban J connectivity index is 3.32. The van der Waals surface area contributed by atoms with Crippen molar-refractivity contribution in [2.45, 2.75) is 12.8 Å². The minimum atomic E-state index is -1.75. The van der Waals surface area contributed by atoms with Crippen molar-refractivity contribution in [2.24, 2.45) is 0 Å². The van der Waals surface area contributed by atoms with Gasteiger partial charge in [0.25, 0.3) is 11.5 Å². The molecule has 0 amide bonds. The van der Waals surface area contributed by atoms with Crippen LogP contribution in [0.5, 0.6) is 0 Å². The van der Waals surface area contributed by atoms with Crippen molar-refractivity contribution in [1.82, 2.24) is 9.55 Å². The predicted molar refractivity (Wildman–Crippen MR) is 44.2 cm³/mol. The molecule has 13 heavy (non-hydrogen) atoms. The molecular weight excluding hydrogens is 176 g/mol. The molecular formula is C7H10N2O4. The van der Waals surface area contributed by atoms with E-state index in [0.717, 1.165) is 16.8 Å². The zero-order chi connectivity index (χ0) is 10.1. The molecule has 0 aromatic carbocycles. The molecule has 72 valence electrons. The molecule has 1 heterocycles. The minimum absolute atomic E-state index is 0.520. The van der Waals surface area contributed by atoms with Gasteiger partial charge in [0.1, 0.15) is 0 Å². The fourth-order valence-corrected chi connectivity index (χ4v) is 0.842. The number of hydrogen-bond donors (Lipinski definition) is 2. The van der Waals surface area contributed by atoms with Crippen molar-refractivity contribution in [3.05, 3.63) is 33.1 Å². The maximum atomic E-state index is 11.1. The fourth-order valence-electron chi connectivity index (χ4n) is 0.842. The molecule has 1 atom stereocenters. The van der Waals surface area contributed by atoms with E-state index >= 15 is 0 Å². The molecule has 6 nitrogen and oxygen atoms in total.